The van der Waals surface area contributed by atoms with Gasteiger partial charge in [-0.05, 0) is 19.8 Å². The van der Waals surface area contributed by atoms with E-state index >= 15 is 0 Å². The van der Waals surface area contributed by atoms with Gasteiger partial charge in [0.25, 0.3) is 10.0 Å². The van der Waals surface area contributed by atoms with Crippen molar-refractivity contribution in [2.45, 2.75) is 37.3 Å². The Labute approximate surface area is 135 Å². The van der Waals surface area contributed by atoms with E-state index in [4.69, 9.17) is 4.74 Å². The van der Waals surface area contributed by atoms with Crippen molar-refractivity contribution in [3.8, 4) is 5.75 Å². The summed E-state index contributed by atoms with van der Waals surface area (Å²) in [5.41, 5.74) is 0.470. The predicted molar refractivity (Wildman–Crippen MR) is 84.1 cm³/mol. The van der Waals surface area contributed by atoms with Gasteiger partial charge in [0.1, 0.15) is 23.9 Å². The number of rotatable bonds is 2. The van der Waals surface area contributed by atoms with Gasteiger partial charge in [-0.2, -0.15) is 8.42 Å². The highest BCUT2D eigenvalue weighted by Crippen LogP contribution is 2.34. The minimum Gasteiger partial charge on any atom is -0.489 e. The smallest absolute Gasteiger partial charge is 0.283 e. The van der Waals surface area contributed by atoms with Crippen molar-refractivity contribution >= 4 is 15.7 Å². The Morgan fingerprint density at radius 1 is 1.39 bits per heavy atom. The Morgan fingerprint density at radius 3 is 3.09 bits per heavy atom. The molecular formula is C15H18N4O3S. The third-order valence-electron chi connectivity index (χ3n) is 4.42. The van der Waals surface area contributed by atoms with Crippen LogP contribution in [0.4, 0.5) is 5.69 Å². The van der Waals surface area contributed by atoms with Gasteiger partial charge in [0, 0.05) is 30.9 Å². The average Bonchev–Trinajstić information content (AvgIpc) is 3.01. The molecule has 2 aliphatic rings. The molecule has 0 radical (unpaired) electrons. The molecule has 0 saturated carbocycles. The fraction of sp³-hybridized carbons (Fsp3) is 0.467. The second kappa shape index (κ2) is 5.23. The highest BCUT2D eigenvalue weighted by molar-refractivity contribution is 7.92. The van der Waals surface area contributed by atoms with E-state index in [1.54, 1.807) is 18.5 Å². The monoisotopic (exact) mass is 334 g/mol. The molecule has 4 heterocycles. The van der Waals surface area contributed by atoms with Gasteiger partial charge in [-0.3, -0.25) is 9.29 Å². The Bertz CT molecular complexity index is 846. The number of hydrogen-bond acceptors (Lipinski definition) is 5. The molecule has 0 aromatic carbocycles. The highest BCUT2D eigenvalue weighted by atomic mass is 32.2. The highest BCUT2D eigenvalue weighted by Gasteiger charge is 2.33. The zero-order chi connectivity index (χ0) is 16.0. The second-order valence-electron chi connectivity index (χ2n) is 5.91. The summed E-state index contributed by atoms with van der Waals surface area (Å²) < 4.78 is 34.9. The van der Waals surface area contributed by atoms with Gasteiger partial charge in [0.2, 0.25) is 0 Å². The largest absolute Gasteiger partial charge is 0.489 e. The number of fused-ring (bicyclic) bond motifs is 2. The van der Waals surface area contributed by atoms with Crippen LogP contribution in [0.5, 0.6) is 5.75 Å². The number of aromatic nitrogens is 3. The maximum Gasteiger partial charge on any atom is 0.283 e. The molecule has 2 aromatic heterocycles. The molecule has 8 heteroatoms. The van der Waals surface area contributed by atoms with Crippen LogP contribution in [0.3, 0.4) is 0 Å². The van der Waals surface area contributed by atoms with Gasteiger partial charge in [0.05, 0.1) is 12.7 Å². The van der Waals surface area contributed by atoms with Crippen LogP contribution in [0.2, 0.25) is 0 Å². The molecule has 1 unspecified atom stereocenters. The lowest BCUT2D eigenvalue weighted by Gasteiger charge is -2.29. The van der Waals surface area contributed by atoms with E-state index in [0.29, 0.717) is 18.0 Å². The first-order chi connectivity index (χ1) is 11.1. The lowest BCUT2D eigenvalue weighted by atomic mass is 10.1. The van der Waals surface area contributed by atoms with E-state index in [2.05, 4.69) is 16.9 Å². The van der Waals surface area contributed by atoms with Crippen LogP contribution < -0.4 is 9.04 Å². The van der Waals surface area contributed by atoms with Crippen LogP contribution in [0, 0.1) is 0 Å². The Morgan fingerprint density at radius 2 is 2.26 bits per heavy atom. The van der Waals surface area contributed by atoms with E-state index in [1.165, 1.54) is 10.5 Å². The van der Waals surface area contributed by atoms with E-state index in [1.807, 2.05) is 4.57 Å². The molecule has 7 nitrogen and oxygen atoms in total. The van der Waals surface area contributed by atoms with Gasteiger partial charge < -0.3 is 9.30 Å². The van der Waals surface area contributed by atoms with Crippen molar-refractivity contribution in [2.24, 2.45) is 0 Å². The number of imidazole rings is 1. The SMILES string of the molecule is CC1CCCc2nc(S(=O)(=O)N3CCOc4ccncc43)cn21. The summed E-state index contributed by atoms with van der Waals surface area (Å²) >= 11 is 0. The quantitative estimate of drug-likeness (QED) is 0.836. The third-order valence-corrected chi connectivity index (χ3v) is 6.11. The molecule has 2 aliphatic heterocycles. The number of nitrogens with zero attached hydrogens (tertiary/aromatic N) is 4. The summed E-state index contributed by atoms with van der Waals surface area (Å²) in [6.45, 7) is 2.67. The zero-order valence-electron chi connectivity index (χ0n) is 12.8. The summed E-state index contributed by atoms with van der Waals surface area (Å²) in [6, 6.07) is 1.96. The number of sulfonamides is 1. The van der Waals surface area contributed by atoms with Crippen LogP contribution in [0.1, 0.15) is 31.6 Å². The third kappa shape index (κ3) is 2.28. The first-order valence-electron chi connectivity index (χ1n) is 7.74. The van der Waals surface area contributed by atoms with Crippen LogP contribution in [-0.4, -0.2) is 36.1 Å². The Balaban J connectivity index is 1.77. The van der Waals surface area contributed by atoms with E-state index < -0.39 is 10.0 Å². The Hall–Kier alpha value is -2.09. The van der Waals surface area contributed by atoms with Crippen molar-refractivity contribution < 1.29 is 13.2 Å². The zero-order valence-corrected chi connectivity index (χ0v) is 13.7. The first kappa shape index (κ1) is 14.5. The maximum absolute atomic E-state index is 13.0. The molecule has 0 fully saturated rings. The average molecular weight is 334 g/mol. The van der Waals surface area contributed by atoms with Crippen molar-refractivity contribution in [3.05, 3.63) is 30.5 Å². The van der Waals surface area contributed by atoms with Gasteiger partial charge in [-0.15, -0.1) is 0 Å². The number of ether oxygens (including phenoxy) is 1. The summed E-state index contributed by atoms with van der Waals surface area (Å²) in [5.74, 6) is 1.38. The molecule has 0 aliphatic carbocycles. The minimum atomic E-state index is -3.71. The summed E-state index contributed by atoms with van der Waals surface area (Å²) in [6.07, 6.45) is 7.69. The molecule has 0 amide bonds. The van der Waals surface area contributed by atoms with Crippen molar-refractivity contribution in [1.82, 2.24) is 14.5 Å². The van der Waals surface area contributed by atoms with Gasteiger partial charge in [0.15, 0.2) is 5.03 Å². The second-order valence-corrected chi connectivity index (χ2v) is 7.72. The maximum atomic E-state index is 13.0. The van der Waals surface area contributed by atoms with E-state index in [-0.39, 0.29) is 17.6 Å². The molecular weight excluding hydrogens is 316 g/mol. The van der Waals surface area contributed by atoms with Crippen LogP contribution in [0.15, 0.2) is 29.7 Å². The van der Waals surface area contributed by atoms with Gasteiger partial charge >= 0.3 is 0 Å². The van der Waals surface area contributed by atoms with Gasteiger partial charge in [-0.25, -0.2) is 4.98 Å². The number of aryl methyl sites for hydroxylation is 1. The molecule has 1 atom stereocenters. The fourth-order valence-electron chi connectivity index (χ4n) is 3.20. The predicted octanol–water partition coefficient (Wildman–Crippen LogP) is 1.76. The fourth-order valence-corrected chi connectivity index (χ4v) is 4.60. The molecule has 0 saturated heterocycles. The minimum absolute atomic E-state index is 0.109. The summed E-state index contributed by atoms with van der Waals surface area (Å²) in [7, 11) is -3.71. The normalized spacial score (nSPS) is 20.6. The van der Waals surface area contributed by atoms with Crippen molar-refractivity contribution in [3.63, 3.8) is 0 Å². The molecule has 122 valence electrons. The lowest BCUT2D eigenvalue weighted by Crippen LogP contribution is -2.38. The topological polar surface area (TPSA) is 77.3 Å². The van der Waals surface area contributed by atoms with Crippen LogP contribution in [0.25, 0.3) is 0 Å². The number of anilines is 1. The molecule has 4 rings (SSSR count). The van der Waals surface area contributed by atoms with E-state index in [9.17, 15) is 8.42 Å². The van der Waals surface area contributed by atoms with Crippen LogP contribution in [-0.2, 0) is 16.4 Å². The van der Waals surface area contributed by atoms with Crippen molar-refractivity contribution in [2.75, 3.05) is 17.5 Å². The van der Waals surface area contributed by atoms with Gasteiger partial charge in [-0.1, -0.05) is 0 Å². The standard InChI is InChI=1S/C15H18N4O3S/c1-11-3-2-4-14-17-15(10-18(11)14)23(20,21)19-7-8-22-13-5-6-16-9-12(13)19/h5-6,9-11H,2-4,7-8H2,1H3. The Kier molecular flexibility index (Phi) is 3.29. The lowest BCUT2D eigenvalue weighted by molar-refractivity contribution is 0.315. The molecule has 2 aromatic rings. The van der Waals surface area contributed by atoms with E-state index in [0.717, 1.165) is 25.1 Å². The van der Waals surface area contributed by atoms with Crippen LogP contribution >= 0.6 is 0 Å². The molecule has 0 spiro atoms. The first-order valence-corrected chi connectivity index (χ1v) is 9.18. The summed E-state index contributed by atoms with van der Waals surface area (Å²) in [5, 5.41) is 0.109. The molecule has 0 bridgehead atoms. The summed E-state index contributed by atoms with van der Waals surface area (Å²) in [4.78, 5) is 8.41. The number of pyridine rings is 1. The molecule has 23 heavy (non-hydrogen) atoms. The van der Waals surface area contributed by atoms with Crippen molar-refractivity contribution in [1.29, 1.82) is 0 Å². The molecule has 0 N–H and O–H groups in total. The number of hydrogen-bond donors (Lipinski definition) is 0.